The first-order valence-corrected chi connectivity index (χ1v) is 4.43. The number of carboxylic acid groups (broad SMARTS) is 1. The molecule has 0 saturated heterocycles. The standard InChI is InChI=1S/C8H9F.C2H6.CH2O2/c1-6-4-3-5-8(9)7(6)2;1-2;2-1-3/h3-5H,1-2H3;1-2H3;1H,(H,2,3). The second kappa shape index (κ2) is 9.71. The van der Waals surface area contributed by atoms with Gasteiger partial charge in [-0.2, -0.15) is 0 Å². The molecule has 0 radical (unpaired) electrons. The Morgan fingerprint density at radius 3 is 2.00 bits per heavy atom. The van der Waals surface area contributed by atoms with Gasteiger partial charge in [-0.3, -0.25) is 4.79 Å². The van der Waals surface area contributed by atoms with E-state index in [4.69, 9.17) is 9.90 Å². The van der Waals surface area contributed by atoms with Crippen molar-refractivity contribution in [2.75, 3.05) is 0 Å². The molecule has 0 aromatic heterocycles. The van der Waals surface area contributed by atoms with Gasteiger partial charge in [-0.25, -0.2) is 4.39 Å². The lowest BCUT2D eigenvalue weighted by atomic mass is 10.1. The Morgan fingerprint density at radius 2 is 1.71 bits per heavy atom. The van der Waals surface area contributed by atoms with E-state index < -0.39 is 0 Å². The Labute approximate surface area is 84.4 Å². The first-order valence-electron chi connectivity index (χ1n) is 4.43. The van der Waals surface area contributed by atoms with Crippen molar-refractivity contribution in [3.05, 3.63) is 35.1 Å². The van der Waals surface area contributed by atoms with Crippen LogP contribution in [-0.2, 0) is 4.79 Å². The lowest BCUT2D eigenvalue weighted by Gasteiger charge is -1.97. The van der Waals surface area contributed by atoms with Crippen LogP contribution in [0.4, 0.5) is 4.39 Å². The molecule has 0 aliphatic carbocycles. The number of aryl methyl sites for hydroxylation is 1. The molecule has 0 aliphatic heterocycles. The minimum atomic E-state index is -0.250. The molecule has 80 valence electrons. The summed E-state index contributed by atoms with van der Waals surface area (Å²) in [5, 5.41) is 6.89. The molecule has 0 aliphatic rings. The van der Waals surface area contributed by atoms with Crippen molar-refractivity contribution >= 4 is 6.47 Å². The maximum Gasteiger partial charge on any atom is 0.290 e. The van der Waals surface area contributed by atoms with E-state index in [1.807, 2.05) is 26.8 Å². The Kier molecular flexibility index (Phi) is 10.5. The van der Waals surface area contributed by atoms with Gasteiger partial charge >= 0.3 is 0 Å². The topological polar surface area (TPSA) is 37.3 Å². The maximum absolute atomic E-state index is 12.6. The van der Waals surface area contributed by atoms with E-state index >= 15 is 0 Å². The van der Waals surface area contributed by atoms with Crippen LogP contribution in [0.1, 0.15) is 25.0 Å². The zero-order valence-corrected chi connectivity index (χ0v) is 9.04. The monoisotopic (exact) mass is 200 g/mol. The molecule has 0 unspecified atom stereocenters. The average Bonchev–Trinajstić information content (AvgIpc) is 2.19. The van der Waals surface area contributed by atoms with Crippen molar-refractivity contribution < 1.29 is 14.3 Å². The third-order valence-electron chi connectivity index (χ3n) is 1.54. The highest BCUT2D eigenvalue weighted by molar-refractivity contribution is 5.32. The first-order chi connectivity index (χ1) is 6.63. The van der Waals surface area contributed by atoms with Crippen LogP contribution in [-0.4, -0.2) is 11.6 Å². The molecule has 0 spiro atoms. The first kappa shape index (κ1) is 15.1. The molecule has 1 rings (SSSR count). The Balaban J connectivity index is 0. The summed E-state index contributed by atoms with van der Waals surface area (Å²) in [6, 6.07) is 5.10. The van der Waals surface area contributed by atoms with Crippen LogP contribution in [0.15, 0.2) is 18.2 Å². The van der Waals surface area contributed by atoms with E-state index in [1.54, 1.807) is 13.0 Å². The SMILES string of the molecule is CC.Cc1cccc(F)c1C.O=CO. The summed E-state index contributed by atoms with van der Waals surface area (Å²) in [6.07, 6.45) is 0. The van der Waals surface area contributed by atoms with Crippen molar-refractivity contribution in [3.8, 4) is 0 Å². The molecular formula is C11H17FO2. The summed E-state index contributed by atoms with van der Waals surface area (Å²) in [7, 11) is 0. The molecule has 0 heterocycles. The van der Waals surface area contributed by atoms with E-state index in [-0.39, 0.29) is 12.3 Å². The molecule has 0 saturated carbocycles. The minimum Gasteiger partial charge on any atom is -0.483 e. The summed E-state index contributed by atoms with van der Waals surface area (Å²) in [5.41, 5.74) is 1.76. The van der Waals surface area contributed by atoms with E-state index in [9.17, 15) is 4.39 Å². The molecule has 1 aromatic rings. The van der Waals surface area contributed by atoms with Gasteiger partial charge in [0, 0.05) is 0 Å². The van der Waals surface area contributed by atoms with Gasteiger partial charge in [-0.05, 0) is 31.0 Å². The smallest absolute Gasteiger partial charge is 0.290 e. The fourth-order valence-electron chi connectivity index (χ4n) is 0.715. The van der Waals surface area contributed by atoms with Crippen molar-refractivity contribution in [2.24, 2.45) is 0 Å². The molecule has 0 bridgehead atoms. The van der Waals surface area contributed by atoms with Crippen LogP contribution < -0.4 is 0 Å². The molecule has 0 amide bonds. The molecule has 3 heteroatoms. The summed E-state index contributed by atoms with van der Waals surface area (Å²) in [5.74, 6) is -0.116. The van der Waals surface area contributed by atoms with Gasteiger partial charge < -0.3 is 5.11 Å². The predicted octanol–water partition coefficient (Wildman–Crippen LogP) is 3.17. The fourth-order valence-corrected chi connectivity index (χ4v) is 0.715. The number of halogens is 1. The zero-order chi connectivity index (χ0) is 11.6. The van der Waals surface area contributed by atoms with Crippen LogP contribution >= 0.6 is 0 Å². The van der Waals surface area contributed by atoms with E-state index in [0.29, 0.717) is 0 Å². The number of hydrogen-bond donors (Lipinski definition) is 1. The zero-order valence-electron chi connectivity index (χ0n) is 9.04. The average molecular weight is 200 g/mol. The van der Waals surface area contributed by atoms with Crippen LogP contribution in [0.5, 0.6) is 0 Å². The highest BCUT2D eigenvalue weighted by atomic mass is 19.1. The second-order valence-corrected chi connectivity index (χ2v) is 2.29. The van der Waals surface area contributed by atoms with Crippen LogP contribution in [0.3, 0.4) is 0 Å². The highest BCUT2D eigenvalue weighted by Gasteiger charge is 1.95. The molecule has 0 atom stereocenters. The third kappa shape index (κ3) is 6.17. The van der Waals surface area contributed by atoms with Gasteiger partial charge in [-0.1, -0.05) is 26.0 Å². The number of benzene rings is 1. The molecule has 14 heavy (non-hydrogen) atoms. The fraction of sp³-hybridized carbons (Fsp3) is 0.364. The highest BCUT2D eigenvalue weighted by Crippen LogP contribution is 2.09. The quantitative estimate of drug-likeness (QED) is 0.653. The lowest BCUT2D eigenvalue weighted by Crippen LogP contribution is -1.83. The molecular weight excluding hydrogens is 183 g/mol. The van der Waals surface area contributed by atoms with Crippen molar-refractivity contribution in [1.82, 2.24) is 0 Å². The maximum atomic E-state index is 12.6. The Morgan fingerprint density at radius 1 is 1.29 bits per heavy atom. The second-order valence-electron chi connectivity index (χ2n) is 2.29. The number of carbonyl (C=O) groups is 1. The molecule has 0 fully saturated rings. The summed E-state index contributed by atoms with van der Waals surface area (Å²) >= 11 is 0. The summed E-state index contributed by atoms with van der Waals surface area (Å²) < 4.78 is 12.6. The predicted molar refractivity (Wildman–Crippen MR) is 55.9 cm³/mol. The van der Waals surface area contributed by atoms with E-state index in [0.717, 1.165) is 11.1 Å². The molecule has 1 aromatic carbocycles. The van der Waals surface area contributed by atoms with Crippen LogP contribution in [0.25, 0.3) is 0 Å². The largest absolute Gasteiger partial charge is 0.483 e. The van der Waals surface area contributed by atoms with Crippen LogP contribution in [0.2, 0.25) is 0 Å². The van der Waals surface area contributed by atoms with E-state index in [2.05, 4.69) is 0 Å². The number of rotatable bonds is 0. The summed E-state index contributed by atoms with van der Waals surface area (Å²) in [4.78, 5) is 8.36. The van der Waals surface area contributed by atoms with Crippen molar-refractivity contribution in [1.29, 1.82) is 0 Å². The van der Waals surface area contributed by atoms with Gasteiger partial charge in [-0.15, -0.1) is 0 Å². The third-order valence-corrected chi connectivity index (χ3v) is 1.54. The summed E-state index contributed by atoms with van der Waals surface area (Å²) in [6.45, 7) is 7.43. The van der Waals surface area contributed by atoms with Gasteiger partial charge in [0.1, 0.15) is 5.82 Å². The molecule has 2 nitrogen and oxygen atoms in total. The number of hydrogen-bond acceptors (Lipinski definition) is 1. The van der Waals surface area contributed by atoms with Crippen molar-refractivity contribution in [2.45, 2.75) is 27.7 Å². The Hall–Kier alpha value is -1.38. The lowest BCUT2D eigenvalue weighted by molar-refractivity contribution is -0.122. The normalized spacial score (nSPS) is 7.50. The van der Waals surface area contributed by atoms with Crippen LogP contribution in [0, 0.1) is 19.7 Å². The van der Waals surface area contributed by atoms with Gasteiger partial charge in [0.25, 0.3) is 6.47 Å². The van der Waals surface area contributed by atoms with Gasteiger partial charge in [0.15, 0.2) is 0 Å². The molecule has 1 N–H and O–H groups in total. The van der Waals surface area contributed by atoms with Gasteiger partial charge in [0.05, 0.1) is 0 Å². The minimum absolute atomic E-state index is 0.116. The Bertz CT molecular complexity index is 239. The van der Waals surface area contributed by atoms with Gasteiger partial charge in [0.2, 0.25) is 0 Å². The van der Waals surface area contributed by atoms with Crippen molar-refractivity contribution in [3.63, 3.8) is 0 Å². The van der Waals surface area contributed by atoms with E-state index in [1.165, 1.54) is 6.07 Å².